The zero-order chi connectivity index (χ0) is 12.9. The van der Waals surface area contributed by atoms with Crippen molar-refractivity contribution < 1.29 is 23.8 Å². The van der Waals surface area contributed by atoms with E-state index in [1.165, 1.54) is 0 Å². The van der Waals surface area contributed by atoms with Crippen molar-refractivity contribution in [2.75, 3.05) is 13.2 Å². The summed E-state index contributed by atoms with van der Waals surface area (Å²) in [6, 6.07) is 0. The van der Waals surface area contributed by atoms with Crippen LogP contribution in [-0.2, 0) is 23.8 Å². The number of hydrogen-bond donors (Lipinski definition) is 0. The molecule has 0 aliphatic rings. The van der Waals surface area contributed by atoms with Gasteiger partial charge in [-0.25, -0.2) is 0 Å². The van der Waals surface area contributed by atoms with E-state index < -0.39 is 0 Å². The van der Waals surface area contributed by atoms with Gasteiger partial charge in [0.15, 0.2) is 0 Å². The lowest BCUT2D eigenvalue weighted by atomic mass is 10.3. The van der Waals surface area contributed by atoms with E-state index in [0.29, 0.717) is 38.9 Å². The molecular formula is C12H18O5. The minimum atomic E-state index is -0.321. The zero-order valence-corrected chi connectivity index (χ0v) is 9.85. The molecule has 0 aromatic carbocycles. The number of hydrogen-bond acceptors (Lipinski definition) is 5. The van der Waals surface area contributed by atoms with E-state index in [4.69, 9.17) is 4.74 Å². The van der Waals surface area contributed by atoms with Crippen LogP contribution < -0.4 is 0 Å². The molecule has 0 N–H and O–H groups in total. The van der Waals surface area contributed by atoms with Crippen LogP contribution in [0.15, 0.2) is 25.7 Å². The number of esters is 2. The van der Waals surface area contributed by atoms with Gasteiger partial charge >= 0.3 is 11.9 Å². The second kappa shape index (κ2) is 10.9. The van der Waals surface area contributed by atoms with Gasteiger partial charge in [0.25, 0.3) is 0 Å². The number of ether oxygens (including phenoxy) is 3. The van der Waals surface area contributed by atoms with E-state index in [-0.39, 0.29) is 11.9 Å². The lowest BCUT2D eigenvalue weighted by molar-refractivity contribution is -0.138. The molecule has 0 fully saturated rings. The Bertz CT molecular complexity index is 234. The lowest BCUT2D eigenvalue weighted by Crippen LogP contribution is -2.05. The molecule has 0 rings (SSSR count). The Morgan fingerprint density at radius 1 is 0.882 bits per heavy atom. The van der Waals surface area contributed by atoms with Crippen LogP contribution in [0.2, 0.25) is 0 Å². The summed E-state index contributed by atoms with van der Waals surface area (Å²) in [6.07, 6.45) is 3.98. The summed E-state index contributed by atoms with van der Waals surface area (Å²) >= 11 is 0. The molecule has 0 radical (unpaired) electrons. The predicted octanol–water partition coefficient (Wildman–Crippen LogP) is 1.94. The van der Waals surface area contributed by atoms with Crippen LogP contribution in [0.5, 0.6) is 0 Å². The Hall–Kier alpha value is -1.62. The van der Waals surface area contributed by atoms with Gasteiger partial charge in [0.1, 0.15) is 0 Å². The summed E-state index contributed by atoms with van der Waals surface area (Å²) in [6.45, 7) is 7.47. The molecule has 5 heteroatoms. The van der Waals surface area contributed by atoms with Crippen molar-refractivity contribution in [2.24, 2.45) is 0 Å². The molecule has 0 heterocycles. The van der Waals surface area contributed by atoms with Crippen molar-refractivity contribution >= 4 is 11.9 Å². The first kappa shape index (κ1) is 15.4. The van der Waals surface area contributed by atoms with Gasteiger partial charge in [-0.1, -0.05) is 13.2 Å². The van der Waals surface area contributed by atoms with Crippen molar-refractivity contribution in [1.29, 1.82) is 0 Å². The topological polar surface area (TPSA) is 61.8 Å². The molecule has 0 bridgehead atoms. The third kappa shape index (κ3) is 10.7. The van der Waals surface area contributed by atoms with Crippen LogP contribution in [0.25, 0.3) is 0 Å². The summed E-state index contributed by atoms with van der Waals surface area (Å²) in [5.41, 5.74) is 0. The van der Waals surface area contributed by atoms with Crippen LogP contribution in [0.1, 0.15) is 25.7 Å². The molecule has 5 nitrogen and oxygen atoms in total. The van der Waals surface area contributed by atoms with Gasteiger partial charge in [0, 0.05) is 26.1 Å². The van der Waals surface area contributed by atoms with Gasteiger partial charge in [0.05, 0.1) is 12.5 Å². The molecule has 0 amide bonds. The fourth-order valence-electron chi connectivity index (χ4n) is 1.04. The van der Waals surface area contributed by atoms with Gasteiger partial charge in [0.2, 0.25) is 0 Å². The Balaban J connectivity index is 3.23. The monoisotopic (exact) mass is 242 g/mol. The highest BCUT2D eigenvalue weighted by atomic mass is 16.5. The van der Waals surface area contributed by atoms with Gasteiger partial charge in [-0.2, -0.15) is 0 Å². The van der Waals surface area contributed by atoms with E-state index in [0.717, 1.165) is 12.5 Å². The molecule has 0 aromatic rings. The second-order valence-electron chi connectivity index (χ2n) is 3.13. The normalized spacial score (nSPS) is 9.41. The van der Waals surface area contributed by atoms with Crippen molar-refractivity contribution in [1.82, 2.24) is 0 Å². The minimum Gasteiger partial charge on any atom is -0.435 e. The van der Waals surface area contributed by atoms with Crippen LogP contribution in [0.3, 0.4) is 0 Å². The molecule has 0 unspecified atom stereocenters. The number of rotatable bonds is 10. The predicted molar refractivity (Wildman–Crippen MR) is 61.9 cm³/mol. The third-order valence-electron chi connectivity index (χ3n) is 1.77. The average molecular weight is 242 g/mol. The SMILES string of the molecule is C=COC(=O)CCCOCCCC(=O)OC=C. The first-order chi connectivity index (χ1) is 8.20. The molecular weight excluding hydrogens is 224 g/mol. The molecule has 0 saturated carbocycles. The fourth-order valence-corrected chi connectivity index (χ4v) is 1.04. The van der Waals surface area contributed by atoms with E-state index >= 15 is 0 Å². The van der Waals surface area contributed by atoms with E-state index in [1.807, 2.05) is 0 Å². The lowest BCUT2D eigenvalue weighted by Gasteiger charge is -2.03. The first-order valence-electron chi connectivity index (χ1n) is 5.39. The van der Waals surface area contributed by atoms with Crippen LogP contribution in [-0.4, -0.2) is 25.2 Å². The largest absolute Gasteiger partial charge is 0.435 e. The summed E-state index contributed by atoms with van der Waals surface area (Å²) < 4.78 is 14.3. The van der Waals surface area contributed by atoms with E-state index in [9.17, 15) is 9.59 Å². The Morgan fingerprint density at radius 3 is 1.65 bits per heavy atom. The maximum absolute atomic E-state index is 10.9. The standard InChI is InChI=1S/C12H18O5/c1-3-16-11(13)7-5-9-15-10-6-8-12(14)17-4-2/h3-4H,1-2,5-10H2. The van der Waals surface area contributed by atoms with Gasteiger partial charge in [-0.3, -0.25) is 9.59 Å². The van der Waals surface area contributed by atoms with Gasteiger partial charge in [-0.05, 0) is 12.8 Å². The molecule has 17 heavy (non-hydrogen) atoms. The highest BCUT2D eigenvalue weighted by Gasteiger charge is 2.02. The number of carbonyl (C=O) groups excluding carboxylic acids is 2. The van der Waals surface area contributed by atoms with E-state index in [2.05, 4.69) is 22.6 Å². The summed E-state index contributed by atoms with van der Waals surface area (Å²) in [7, 11) is 0. The highest BCUT2D eigenvalue weighted by molar-refractivity contribution is 5.70. The third-order valence-corrected chi connectivity index (χ3v) is 1.77. The number of carbonyl (C=O) groups is 2. The fraction of sp³-hybridized carbons (Fsp3) is 0.500. The van der Waals surface area contributed by atoms with Crippen LogP contribution in [0, 0.1) is 0 Å². The van der Waals surface area contributed by atoms with Crippen molar-refractivity contribution in [3.63, 3.8) is 0 Å². The molecule has 0 atom stereocenters. The summed E-state index contributed by atoms with van der Waals surface area (Å²) in [4.78, 5) is 21.7. The molecule has 0 aliphatic heterocycles. The molecule has 96 valence electrons. The van der Waals surface area contributed by atoms with Crippen molar-refractivity contribution in [3.05, 3.63) is 25.7 Å². The van der Waals surface area contributed by atoms with Crippen LogP contribution >= 0.6 is 0 Å². The van der Waals surface area contributed by atoms with Crippen LogP contribution in [0.4, 0.5) is 0 Å². The molecule has 0 spiro atoms. The highest BCUT2D eigenvalue weighted by Crippen LogP contribution is 1.97. The van der Waals surface area contributed by atoms with Gasteiger partial charge < -0.3 is 14.2 Å². The summed E-state index contributed by atoms with van der Waals surface area (Å²) in [5.74, 6) is -0.642. The Labute approximate surface area is 101 Å². The smallest absolute Gasteiger partial charge is 0.310 e. The van der Waals surface area contributed by atoms with Crippen molar-refractivity contribution in [2.45, 2.75) is 25.7 Å². The van der Waals surface area contributed by atoms with Gasteiger partial charge in [-0.15, -0.1) is 0 Å². The Morgan fingerprint density at radius 2 is 1.29 bits per heavy atom. The van der Waals surface area contributed by atoms with Crippen molar-refractivity contribution in [3.8, 4) is 0 Å². The minimum absolute atomic E-state index is 0.296. The quantitative estimate of drug-likeness (QED) is 0.333. The maximum Gasteiger partial charge on any atom is 0.310 e. The second-order valence-corrected chi connectivity index (χ2v) is 3.13. The zero-order valence-electron chi connectivity index (χ0n) is 9.85. The molecule has 0 saturated heterocycles. The molecule has 0 aromatic heterocycles. The summed E-state index contributed by atoms with van der Waals surface area (Å²) in [5, 5.41) is 0. The Kier molecular flexibility index (Phi) is 9.85. The molecule has 0 aliphatic carbocycles. The average Bonchev–Trinajstić information content (AvgIpc) is 2.28. The maximum atomic E-state index is 10.9. The van der Waals surface area contributed by atoms with E-state index in [1.54, 1.807) is 0 Å². The first-order valence-corrected chi connectivity index (χ1v) is 5.39.